The fourth-order valence-corrected chi connectivity index (χ4v) is 1.27. The Morgan fingerprint density at radius 3 is 2.90 bits per heavy atom. The molecule has 53 valence electrons. The quantitative estimate of drug-likeness (QED) is 0.602. The summed E-state index contributed by atoms with van der Waals surface area (Å²) in [6.07, 6.45) is 2.02. The van der Waals surface area contributed by atoms with Crippen molar-refractivity contribution in [2.75, 3.05) is 13.4 Å². The van der Waals surface area contributed by atoms with Crippen molar-refractivity contribution in [3.63, 3.8) is 0 Å². The first kappa shape index (κ1) is 7.48. The van der Waals surface area contributed by atoms with Crippen molar-refractivity contribution in [1.82, 2.24) is 0 Å². The molecule has 1 rings (SSSR count). The number of para-hydroxylation sites is 1. The zero-order chi connectivity index (χ0) is 7.40. The summed E-state index contributed by atoms with van der Waals surface area (Å²) in [6, 6.07) is 8.81. The summed E-state index contributed by atoms with van der Waals surface area (Å²) < 4.78 is 5.06. The van der Waals surface area contributed by atoms with Gasteiger partial charge in [-0.25, -0.2) is 0 Å². The van der Waals surface area contributed by atoms with Crippen LogP contribution in [0.1, 0.15) is 0 Å². The Balaban J connectivity index is 2.96. The maximum atomic E-state index is 5.06. The maximum Gasteiger partial charge on any atom is 0.140 e. The van der Waals surface area contributed by atoms with E-state index < -0.39 is 0 Å². The lowest BCUT2D eigenvalue weighted by molar-refractivity contribution is 0.404. The van der Waals surface area contributed by atoms with E-state index in [-0.39, 0.29) is 0 Å². The van der Waals surface area contributed by atoms with Crippen LogP contribution in [0.15, 0.2) is 23.1 Å². The van der Waals surface area contributed by atoms with Crippen LogP contribution >= 0.6 is 11.8 Å². The molecule has 1 nitrogen and oxygen atoms in total. The van der Waals surface area contributed by atoms with Gasteiger partial charge in [-0.05, 0) is 12.3 Å². The number of hydrogen-bond donors (Lipinski definition) is 0. The summed E-state index contributed by atoms with van der Waals surface area (Å²) in [6.45, 7) is 0. The first-order chi connectivity index (χ1) is 4.88. The van der Waals surface area contributed by atoms with Crippen molar-refractivity contribution in [2.24, 2.45) is 0 Å². The summed E-state index contributed by atoms with van der Waals surface area (Å²) in [7, 11) is 1.66. The first-order valence-electron chi connectivity index (χ1n) is 2.97. The monoisotopic (exact) mass is 153 g/mol. The predicted octanol–water partition coefficient (Wildman–Crippen LogP) is 2.22. The molecule has 1 aromatic carbocycles. The number of rotatable bonds is 2. The highest BCUT2D eigenvalue weighted by Gasteiger charge is 1.97. The molecule has 0 aliphatic heterocycles. The third-order valence-electron chi connectivity index (χ3n) is 1.21. The van der Waals surface area contributed by atoms with E-state index in [1.165, 1.54) is 0 Å². The molecule has 0 N–H and O–H groups in total. The van der Waals surface area contributed by atoms with E-state index >= 15 is 0 Å². The maximum absolute atomic E-state index is 5.06. The molecular weight excluding hydrogens is 144 g/mol. The van der Waals surface area contributed by atoms with Gasteiger partial charge in [-0.15, -0.1) is 11.8 Å². The van der Waals surface area contributed by atoms with E-state index in [1.54, 1.807) is 18.9 Å². The van der Waals surface area contributed by atoms with Crippen molar-refractivity contribution >= 4 is 11.8 Å². The van der Waals surface area contributed by atoms with E-state index in [0.29, 0.717) is 0 Å². The van der Waals surface area contributed by atoms with Gasteiger partial charge in [0.2, 0.25) is 0 Å². The standard InChI is InChI=1S/C8H9OS/c1-9-7-5-3-4-6-8(7)10-2/h3-4,6H,1-2H3. The van der Waals surface area contributed by atoms with Gasteiger partial charge in [-0.2, -0.15) is 0 Å². The van der Waals surface area contributed by atoms with Gasteiger partial charge in [0.05, 0.1) is 7.11 Å². The van der Waals surface area contributed by atoms with Gasteiger partial charge < -0.3 is 4.74 Å². The molecular formula is C8H9OS. The minimum absolute atomic E-state index is 0.829. The Bertz CT molecular complexity index is 187. The summed E-state index contributed by atoms with van der Waals surface area (Å²) in [4.78, 5) is 1.13. The fourth-order valence-electron chi connectivity index (χ4n) is 0.726. The van der Waals surface area contributed by atoms with Crippen LogP contribution in [0, 0.1) is 6.07 Å². The SMILES string of the molecule is COc1[c]cccc1SC. The molecule has 0 aromatic heterocycles. The molecule has 0 heterocycles. The third kappa shape index (κ3) is 1.45. The van der Waals surface area contributed by atoms with Crippen molar-refractivity contribution in [1.29, 1.82) is 0 Å². The highest BCUT2D eigenvalue weighted by atomic mass is 32.2. The lowest BCUT2D eigenvalue weighted by Crippen LogP contribution is -1.84. The Kier molecular flexibility index (Phi) is 2.63. The summed E-state index contributed by atoms with van der Waals surface area (Å²) in [5.41, 5.74) is 0. The van der Waals surface area contributed by atoms with Gasteiger partial charge >= 0.3 is 0 Å². The number of ether oxygens (including phenoxy) is 1. The molecule has 0 spiro atoms. The van der Waals surface area contributed by atoms with Crippen molar-refractivity contribution < 1.29 is 4.74 Å². The van der Waals surface area contributed by atoms with Crippen molar-refractivity contribution in [3.05, 3.63) is 24.3 Å². The second-order valence-electron chi connectivity index (χ2n) is 1.77. The molecule has 2 heteroatoms. The van der Waals surface area contributed by atoms with E-state index in [1.807, 2.05) is 24.5 Å². The molecule has 0 fully saturated rings. The molecule has 0 aliphatic rings. The molecule has 0 unspecified atom stereocenters. The molecule has 1 radical (unpaired) electrons. The van der Waals surface area contributed by atoms with Gasteiger partial charge in [0.25, 0.3) is 0 Å². The molecule has 0 atom stereocenters. The van der Waals surface area contributed by atoms with E-state index in [0.717, 1.165) is 10.6 Å². The van der Waals surface area contributed by atoms with Crippen LogP contribution in [-0.2, 0) is 0 Å². The third-order valence-corrected chi connectivity index (χ3v) is 1.97. The number of thioether (sulfide) groups is 1. The van der Waals surface area contributed by atoms with Crippen LogP contribution in [0.5, 0.6) is 5.75 Å². The van der Waals surface area contributed by atoms with Gasteiger partial charge in [-0.1, -0.05) is 12.1 Å². The van der Waals surface area contributed by atoms with Crippen LogP contribution in [0.2, 0.25) is 0 Å². The van der Waals surface area contributed by atoms with Gasteiger partial charge in [-0.3, -0.25) is 0 Å². The molecule has 0 saturated carbocycles. The molecule has 0 amide bonds. The second-order valence-corrected chi connectivity index (χ2v) is 2.62. The minimum atomic E-state index is 0.829. The molecule has 0 aliphatic carbocycles. The van der Waals surface area contributed by atoms with Crippen molar-refractivity contribution in [3.8, 4) is 5.75 Å². The molecule has 1 aromatic rings. The average molecular weight is 153 g/mol. The number of methoxy groups -OCH3 is 1. The van der Waals surface area contributed by atoms with Crippen LogP contribution in [0.3, 0.4) is 0 Å². The van der Waals surface area contributed by atoms with Gasteiger partial charge in [0.1, 0.15) is 5.75 Å². The van der Waals surface area contributed by atoms with E-state index in [4.69, 9.17) is 4.74 Å². The highest BCUT2D eigenvalue weighted by Crippen LogP contribution is 2.25. The van der Waals surface area contributed by atoms with Gasteiger partial charge in [0.15, 0.2) is 0 Å². The topological polar surface area (TPSA) is 9.23 Å². The van der Waals surface area contributed by atoms with E-state index in [9.17, 15) is 0 Å². The molecule has 10 heavy (non-hydrogen) atoms. The highest BCUT2D eigenvalue weighted by molar-refractivity contribution is 7.98. The van der Waals surface area contributed by atoms with Crippen LogP contribution in [0.25, 0.3) is 0 Å². The lowest BCUT2D eigenvalue weighted by Gasteiger charge is -2.02. The fraction of sp³-hybridized carbons (Fsp3) is 0.250. The first-order valence-corrected chi connectivity index (χ1v) is 4.19. The summed E-state index contributed by atoms with van der Waals surface area (Å²) in [5.74, 6) is 0.829. The largest absolute Gasteiger partial charge is 0.495 e. The minimum Gasteiger partial charge on any atom is -0.495 e. The number of benzene rings is 1. The zero-order valence-electron chi connectivity index (χ0n) is 6.05. The predicted molar refractivity (Wildman–Crippen MR) is 43.6 cm³/mol. The zero-order valence-corrected chi connectivity index (χ0v) is 6.87. The Hall–Kier alpha value is -0.630. The van der Waals surface area contributed by atoms with Crippen LogP contribution in [0.4, 0.5) is 0 Å². The summed E-state index contributed by atoms with van der Waals surface area (Å²) in [5, 5.41) is 0. The Morgan fingerprint density at radius 2 is 2.40 bits per heavy atom. The van der Waals surface area contributed by atoms with Gasteiger partial charge in [0, 0.05) is 11.0 Å². The lowest BCUT2D eigenvalue weighted by atomic mass is 10.3. The van der Waals surface area contributed by atoms with Crippen molar-refractivity contribution in [2.45, 2.75) is 4.90 Å². The normalized spacial score (nSPS) is 9.40. The second kappa shape index (κ2) is 3.52. The summed E-state index contributed by atoms with van der Waals surface area (Å²) >= 11 is 1.66. The van der Waals surface area contributed by atoms with Crippen LogP contribution < -0.4 is 4.74 Å². The average Bonchev–Trinajstić information content (AvgIpc) is 2.04. The Labute approximate surface area is 65.4 Å². The van der Waals surface area contributed by atoms with E-state index in [2.05, 4.69) is 6.07 Å². The van der Waals surface area contributed by atoms with Crippen LogP contribution in [-0.4, -0.2) is 13.4 Å². The Morgan fingerprint density at radius 1 is 1.60 bits per heavy atom. The number of hydrogen-bond acceptors (Lipinski definition) is 2. The smallest absolute Gasteiger partial charge is 0.140 e. The molecule has 0 saturated heterocycles. The molecule has 0 bridgehead atoms.